The molecule has 0 N–H and O–H groups in total. The molecule has 0 atom stereocenters. The highest BCUT2D eigenvalue weighted by molar-refractivity contribution is 9.10. The molecule has 0 unspecified atom stereocenters. The highest BCUT2D eigenvalue weighted by Gasteiger charge is 2.21. The summed E-state index contributed by atoms with van der Waals surface area (Å²) in [4.78, 5) is 2.47. The van der Waals surface area contributed by atoms with E-state index in [9.17, 15) is 0 Å². The molecule has 0 spiro atoms. The van der Waals surface area contributed by atoms with Crippen LogP contribution in [0.15, 0.2) is 22.7 Å². The highest BCUT2D eigenvalue weighted by atomic mass is 79.9. The Hall–Kier alpha value is -0.340. The smallest absolute Gasteiger partial charge is 0.0234 e. The lowest BCUT2D eigenvalue weighted by atomic mass is 9.91. The molecular weight excluding hydrogens is 250 g/mol. The van der Waals surface area contributed by atoms with E-state index < -0.39 is 0 Å². The van der Waals surface area contributed by atoms with E-state index in [1.54, 1.807) is 0 Å². The maximum absolute atomic E-state index is 3.59. The molecule has 2 heteroatoms. The lowest BCUT2D eigenvalue weighted by Crippen LogP contribution is -2.36. The van der Waals surface area contributed by atoms with Crippen molar-refractivity contribution in [3.8, 4) is 0 Å². The zero-order valence-electron chi connectivity index (χ0n) is 9.46. The molecule has 15 heavy (non-hydrogen) atoms. The highest BCUT2D eigenvalue weighted by Crippen LogP contribution is 2.25. The fourth-order valence-electron chi connectivity index (χ4n) is 1.98. The van der Waals surface area contributed by atoms with Crippen molar-refractivity contribution >= 4 is 15.9 Å². The number of rotatable bonds is 3. The zero-order valence-corrected chi connectivity index (χ0v) is 11.0. The summed E-state index contributed by atoms with van der Waals surface area (Å²) in [7, 11) is 2.23. The summed E-state index contributed by atoms with van der Waals surface area (Å²) in [5, 5.41) is 0. The minimum absolute atomic E-state index is 0.824. The topological polar surface area (TPSA) is 3.24 Å². The quantitative estimate of drug-likeness (QED) is 0.807. The second kappa shape index (κ2) is 4.67. The average Bonchev–Trinajstić information content (AvgIpc) is 2.08. The molecule has 0 aromatic heterocycles. The number of hydrogen-bond acceptors (Lipinski definition) is 1. The maximum Gasteiger partial charge on any atom is 0.0234 e. The van der Waals surface area contributed by atoms with E-state index in [1.807, 2.05) is 0 Å². The second-order valence-electron chi connectivity index (χ2n) is 4.58. The summed E-state index contributed by atoms with van der Waals surface area (Å²) in [6, 6.07) is 7.48. The zero-order chi connectivity index (χ0) is 10.8. The molecule has 0 aliphatic heterocycles. The van der Waals surface area contributed by atoms with Crippen molar-refractivity contribution in [1.82, 2.24) is 4.90 Å². The molecule has 0 amide bonds. The molecule has 0 radical (unpaired) electrons. The van der Waals surface area contributed by atoms with Crippen LogP contribution < -0.4 is 0 Å². The summed E-state index contributed by atoms with van der Waals surface area (Å²) < 4.78 is 1.22. The van der Waals surface area contributed by atoms with Crippen LogP contribution in [0.5, 0.6) is 0 Å². The summed E-state index contributed by atoms with van der Waals surface area (Å²) in [6.45, 7) is 3.20. The van der Waals surface area contributed by atoms with Crippen LogP contribution in [0.3, 0.4) is 0 Å². The van der Waals surface area contributed by atoms with Crippen LogP contribution in [0, 0.1) is 6.92 Å². The van der Waals surface area contributed by atoms with Crippen LogP contribution in [-0.4, -0.2) is 18.0 Å². The van der Waals surface area contributed by atoms with Crippen molar-refractivity contribution in [2.75, 3.05) is 7.05 Å². The van der Waals surface area contributed by atoms with Gasteiger partial charge < -0.3 is 0 Å². The van der Waals surface area contributed by atoms with Crippen molar-refractivity contribution < 1.29 is 0 Å². The Morgan fingerprint density at radius 1 is 1.40 bits per heavy atom. The van der Waals surface area contributed by atoms with Crippen molar-refractivity contribution in [2.45, 2.75) is 38.8 Å². The summed E-state index contributed by atoms with van der Waals surface area (Å²) >= 11 is 3.59. The molecule has 1 aliphatic carbocycles. The standard InChI is InChI=1S/C13H18BrN/c1-10-6-7-11(8-13(10)14)9-15(2)12-4-3-5-12/h6-8,12H,3-5,9H2,1-2H3. The molecule has 0 bridgehead atoms. The van der Waals surface area contributed by atoms with Crippen LogP contribution >= 0.6 is 15.9 Å². The van der Waals surface area contributed by atoms with E-state index in [-0.39, 0.29) is 0 Å². The second-order valence-corrected chi connectivity index (χ2v) is 5.44. The predicted octanol–water partition coefficient (Wildman–Crippen LogP) is 3.74. The van der Waals surface area contributed by atoms with Crippen molar-refractivity contribution in [3.05, 3.63) is 33.8 Å². The van der Waals surface area contributed by atoms with E-state index >= 15 is 0 Å². The van der Waals surface area contributed by atoms with Crippen LogP contribution in [0.1, 0.15) is 30.4 Å². The van der Waals surface area contributed by atoms with Crippen LogP contribution in [0.2, 0.25) is 0 Å². The monoisotopic (exact) mass is 267 g/mol. The minimum Gasteiger partial charge on any atom is -0.299 e. The van der Waals surface area contributed by atoms with Gasteiger partial charge in [-0.05, 0) is 44.0 Å². The third-order valence-electron chi connectivity index (χ3n) is 3.37. The van der Waals surface area contributed by atoms with Crippen molar-refractivity contribution in [3.63, 3.8) is 0 Å². The van der Waals surface area contributed by atoms with Gasteiger partial charge in [0.2, 0.25) is 0 Å². The van der Waals surface area contributed by atoms with Gasteiger partial charge in [0.15, 0.2) is 0 Å². The lowest BCUT2D eigenvalue weighted by Gasteiger charge is -2.34. The first-order chi connectivity index (χ1) is 7.16. The average molecular weight is 268 g/mol. The first-order valence-electron chi connectivity index (χ1n) is 5.62. The number of halogens is 1. The Bertz CT molecular complexity index is 344. The fourth-order valence-corrected chi connectivity index (χ4v) is 2.41. The maximum atomic E-state index is 3.59. The van der Waals surface area contributed by atoms with Gasteiger partial charge in [0, 0.05) is 17.1 Å². The Morgan fingerprint density at radius 3 is 2.67 bits per heavy atom. The molecular formula is C13H18BrN. The van der Waals surface area contributed by atoms with Crippen molar-refractivity contribution in [2.24, 2.45) is 0 Å². The molecule has 1 nitrogen and oxygen atoms in total. The largest absolute Gasteiger partial charge is 0.299 e. The van der Waals surface area contributed by atoms with Gasteiger partial charge in [-0.3, -0.25) is 4.90 Å². The minimum atomic E-state index is 0.824. The van der Waals surface area contributed by atoms with Crippen LogP contribution in [0.25, 0.3) is 0 Å². The molecule has 1 saturated carbocycles. The fraction of sp³-hybridized carbons (Fsp3) is 0.538. The number of hydrogen-bond donors (Lipinski definition) is 0. The Labute approximate surface area is 101 Å². The molecule has 0 heterocycles. The SMILES string of the molecule is Cc1ccc(CN(C)C2CCC2)cc1Br. The van der Waals surface area contributed by atoms with Gasteiger partial charge in [-0.25, -0.2) is 0 Å². The third-order valence-corrected chi connectivity index (χ3v) is 4.22. The summed E-state index contributed by atoms with van der Waals surface area (Å²) in [6.07, 6.45) is 4.17. The van der Waals surface area contributed by atoms with Gasteiger partial charge in [0.1, 0.15) is 0 Å². The number of aryl methyl sites for hydroxylation is 1. The number of nitrogens with zero attached hydrogens (tertiary/aromatic N) is 1. The van der Waals surface area contributed by atoms with Crippen molar-refractivity contribution in [1.29, 1.82) is 0 Å². The van der Waals surface area contributed by atoms with Crippen LogP contribution in [0.4, 0.5) is 0 Å². The summed E-state index contributed by atoms with van der Waals surface area (Å²) in [5.41, 5.74) is 2.71. The van der Waals surface area contributed by atoms with E-state index in [1.165, 1.54) is 34.9 Å². The van der Waals surface area contributed by atoms with Crippen LogP contribution in [-0.2, 0) is 6.54 Å². The van der Waals surface area contributed by atoms with Gasteiger partial charge in [-0.2, -0.15) is 0 Å². The first kappa shape index (κ1) is 11.2. The van der Waals surface area contributed by atoms with Gasteiger partial charge in [0.25, 0.3) is 0 Å². The number of benzene rings is 1. The molecule has 1 aliphatic rings. The van der Waals surface area contributed by atoms with E-state index in [0.717, 1.165) is 12.6 Å². The Morgan fingerprint density at radius 2 is 2.13 bits per heavy atom. The Balaban J connectivity index is 2.00. The normalized spacial score (nSPS) is 16.8. The Kier molecular flexibility index (Phi) is 3.47. The summed E-state index contributed by atoms with van der Waals surface area (Å²) in [5.74, 6) is 0. The van der Waals surface area contributed by atoms with E-state index in [2.05, 4.69) is 53.0 Å². The first-order valence-corrected chi connectivity index (χ1v) is 6.41. The van der Waals surface area contributed by atoms with Gasteiger partial charge in [-0.15, -0.1) is 0 Å². The molecule has 1 aromatic rings. The molecule has 82 valence electrons. The van der Waals surface area contributed by atoms with Gasteiger partial charge >= 0.3 is 0 Å². The van der Waals surface area contributed by atoms with E-state index in [4.69, 9.17) is 0 Å². The predicted molar refractivity (Wildman–Crippen MR) is 68.0 cm³/mol. The molecule has 1 fully saturated rings. The van der Waals surface area contributed by atoms with Gasteiger partial charge in [-0.1, -0.05) is 34.5 Å². The molecule has 1 aromatic carbocycles. The molecule has 2 rings (SSSR count). The third kappa shape index (κ3) is 2.61. The van der Waals surface area contributed by atoms with E-state index in [0.29, 0.717) is 0 Å². The lowest BCUT2D eigenvalue weighted by molar-refractivity contribution is 0.152. The molecule has 0 saturated heterocycles. The van der Waals surface area contributed by atoms with Gasteiger partial charge in [0.05, 0.1) is 0 Å².